The summed E-state index contributed by atoms with van der Waals surface area (Å²) in [6.45, 7) is 0. The summed E-state index contributed by atoms with van der Waals surface area (Å²) in [6.07, 6.45) is 1.66. The van der Waals surface area contributed by atoms with Gasteiger partial charge in [-0.2, -0.15) is 0 Å². The van der Waals surface area contributed by atoms with Crippen molar-refractivity contribution in [1.82, 2.24) is 10.3 Å². The normalized spacial score (nSPS) is 15.6. The summed E-state index contributed by atoms with van der Waals surface area (Å²) in [4.78, 5) is 18.8. The average molecular weight is 403 g/mol. The van der Waals surface area contributed by atoms with E-state index in [9.17, 15) is 4.79 Å². The predicted molar refractivity (Wildman–Crippen MR) is 115 cm³/mol. The van der Waals surface area contributed by atoms with Gasteiger partial charge in [0.1, 0.15) is 11.5 Å². The fraction of sp³-hybridized carbons (Fsp3) is 0. The van der Waals surface area contributed by atoms with Gasteiger partial charge in [-0.25, -0.2) is 4.98 Å². The van der Waals surface area contributed by atoms with Crippen molar-refractivity contribution >= 4 is 56.6 Å². The molecular weight excluding hydrogens is 390 g/mol. The zero-order chi connectivity index (χ0) is 19.1. The molecule has 0 atom stereocenters. The zero-order valence-electron chi connectivity index (χ0n) is 14.5. The molecule has 1 aliphatic rings. The van der Waals surface area contributed by atoms with Crippen LogP contribution in [-0.4, -0.2) is 16.0 Å². The molecule has 0 radical (unpaired) electrons. The highest BCUT2D eigenvalue weighted by molar-refractivity contribution is 7.80. The number of hydrogen-bond acceptors (Lipinski definition) is 5. The van der Waals surface area contributed by atoms with Crippen LogP contribution >= 0.6 is 23.6 Å². The monoisotopic (exact) mass is 403 g/mol. The van der Waals surface area contributed by atoms with Crippen molar-refractivity contribution in [3.8, 4) is 10.8 Å². The average Bonchev–Trinajstić information content (AvgIpc) is 3.40. The molecule has 0 spiro atoms. The van der Waals surface area contributed by atoms with Gasteiger partial charge in [-0.3, -0.25) is 9.69 Å². The van der Waals surface area contributed by atoms with Crippen LogP contribution in [0, 0.1) is 0 Å². The molecule has 2 aromatic carbocycles. The third-order valence-electron chi connectivity index (χ3n) is 4.31. The van der Waals surface area contributed by atoms with Gasteiger partial charge in [-0.05, 0) is 48.6 Å². The van der Waals surface area contributed by atoms with Crippen LogP contribution < -0.4 is 10.2 Å². The Kier molecular flexibility index (Phi) is 4.03. The van der Waals surface area contributed by atoms with Crippen LogP contribution in [0.1, 0.15) is 5.76 Å². The smallest absolute Gasteiger partial charge is 0.281 e. The van der Waals surface area contributed by atoms with Gasteiger partial charge in [0.05, 0.1) is 15.9 Å². The number of carbonyl (C=O) groups excluding carboxylic acids is 1. The lowest BCUT2D eigenvalue weighted by Crippen LogP contribution is -2.30. The predicted octanol–water partition coefficient (Wildman–Crippen LogP) is 4.82. The number of para-hydroxylation sites is 2. The van der Waals surface area contributed by atoms with Crippen molar-refractivity contribution in [2.24, 2.45) is 0 Å². The van der Waals surface area contributed by atoms with E-state index in [0.29, 0.717) is 22.3 Å². The maximum atomic E-state index is 12.8. The number of thiocarbonyl (C=S) groups is 1. The van der Waals surface area contributed by atoms with Gasteiger partial charge in [-0.1, -0.05) is 30.3 Å². The van der Waals surface area contributed by atoms with E-state index < -0.39 is 0 Å². The molecule has 1 saturated heterocycles. The molecule has 0 saturated carbocycles. The third kappa shape index (κ3) is 2.90. The van der Waals surface area contributed by atoms with E-state index in [-0.39, 0.29) is 5.91 Å². The van der Waals surface area contributed by atoms with E-state index in [1.54, 1.807) is 17.4 Å². The van der Waals surface area contributed by atoms with Crippen molar-refractivity contribution in [2.75, 3.05) is 4.90 Å². The topological polar surface area (TPSA) is 58.4 Å². The molecule has 0 bridgehead atoms. The van der Waals surface area contributed by atoms with Crippen LogP contribution in [-0.2, 0) is 4.79 Å². The minimum Gasteiger partial charge on any atom is -0.454 e. The molecule has 3 heterocycles. The largest absolute Gasteiger partial charge is 0.454 e. The van der Waals surface area contributed by atoms with Crippen LogP contribution in [0.15, 0.2) is 76.8 Å². The second-order valence-corrected chi connectivity index (χ2v) is 7.57. The Morgan fingerprint density at radius 3 is 2.64 bits per heavy atom. The molecule has 1 fully saturated rings. The van der Waals surface area contributed by atoms with E-state index in [2.05, 4.69) is 10.3 Å². The van der Waals surface area contributed by atoms with Gasteiger partial charge in [0.15, 0.2) is 15.9 Å². The van der Waals surface area contributed by atoms with Crippen LogP contribution in [0.5, 0.6) is 0 Å². The molecule has 2 aromatic heterocycles. The number of amides is 1. The number of thiazole rings is 1. The van der Waals surface area contributed by atoms with Gasteiger partial charge in [0.25, 0.3) is 5.91 Å². The van der Waals surface area contributed by atoms with Crippen LogP contribution in [0.3, 0.4) is 0 Å². The van der Waals surface area contributed by atoms with E-state index >= 15 is 0 Å². The SMILES string of the molecule is O=C1/C(=C\c2ccc(-c3nc4ccccc4s3)o2)NC(=S)N1c1ccccc1. The highest BCUT2D eigenvalue weighted by Crippen LogP contribution is 2.32. The summed E-state index contributed by atoms with van der Waals surface area (Å²) >= 11 is 6.89. The van der Waals surface area contributed by atoms with Crippen molar-refractivity contribution in [2.45, 2.75) is 0 Å². The number of rotatable bonds is 3. The van der Waals surface area contributed by atoms with Crippen LogP contribution in [0.4, 0.5) is 5.69 Å². The van der Waals surface area contributed by atoms with E-state index in [1.165, 1.54) is 4.90 Å². The quantitative estimate of drug-likeness (QED) is 0.393. The first-order valence-electron chi connectivity index (χ1n) is 8.57. The highest BCUT2D eigenvalue weighted by atomic mass is 32.1. The molecular formula is C21H13N3O2S2. The number of aromatic nitrogens is 1. The van der Waals surface area contributed by atoms with Crippen LogP contribution in [0.2, 0.25) is 0 Å². The van der Waals surface area contributed by atoms with Crippen molar-refractivity contribution in [3.05, 3.63) is 78.2 Å². The second kappa shape index (κ2) is 6.70. The Morgan fingerprint density at radius 2 is 1.82 bits per heavy atom. The summed E-state index contributed by atoms with van der Waals surface area (Å²) < 4.78 is 7.01. The Labute approximate surface area is 169 Å². The summed E-state index contributed by atoms with van der Waals surface area (Å²) in [5, 5.41) is 4.12. The van der Waals surface area contributed by atoms with Gasteiger partial charge >= 0.3 is 0 Å². The maximum Gasteiger partial charge on any atom is 0.281 e. The lowest BCUT2D eigenvalue weighted by molar-refractivity contribution is -0.113. The number of benzene rings is 2. The third-order valence-corrected chi connectivity index (χ3v) is 5.65. The number of hydrogen-bond donors (Lipinski definition) is 1. The van der Waals surface area contributed by atoms with E-state index in [1.807, 2.05) is 66.7 Å². The minimum absolute atomic E-state index is 0.214. The first-order chi connectivity index (χ1) is 13.7. The fourth-order valence-electron chi connectivity index (χ4n) is 3.01. The van der Waals surface area contributed by atoms with Crippen LogP contribution in [0.25, 0.3) is 27.1 Å². The lowest BCUT2D eigenvalue weighted by Gasteiger charge is -2.13. The van der Waals surface area contributed by atoms with Gasteiger partial charge < -0.3 is 9.73 Å². The fourth-order valence-corrected chi connectivity index (χ4v) is 4.24. The molecule has 28 heavy (non-hydrogen) atoms. The number of fused-ring (bicyclic) bond motifs is 1. The minimum atomic E-state index is -0.214. The van der Waals surface area contributed by atoms with Crippen molar-refractivity contribution < 1.29 is 9.21 Å². The number of carbonyl (C=O) groups is 1. The van der Waals surface area contributed by atoms with Crippen molar-refractivity contribution in [3.63, 3.8) is 0 Å². The Bertz CT molecular complexity index is 1210. The second-order valence-electron chi connectivity index (χ2n) is 6.15. The first kappa shape index (κ1) is 16.9. The maximum absolute atomic E-state index is 12.8. The Balaban J connectivity index is 1.44. The molecule has 0 aliphatic carbocycles. The summed E-state index contributed by atoms with van der Waals surface area (Å²) in [5.74, 6) is 1.01. The number of nitrogens with one attached hydrogen (secondary N) is 1. The summed E-state index contributed by atoms with van der Waals surface area (Å²) in [7, 11) is 0. The van der Waals surface area contributed by atoms with Crippen molar-refractivity contribution in [1.29, 1.82) is 0 Å². The lowest BCUT2D eigenvalue weighted by atomic mass is 10.3. The highest BCUT2D eigenvalue weighted by Gasteiger charge is 2.32. The molecule has 1 amide bonds. The molecule has 5 rings (SSSR count). The molecule has 136 valence electrons. The number of anilines is 1. The molecule has 7 heteroatoms. The van der Waals surface area contributed by atoms with Gasteiger partial charge in [-0.15, -0.1) is 11.3 Å². The zero-order valence-corrected chi connectivity index (χ0v) is 16.1. The van der Waals surface area contributed by atoms with E-state index in [4.69, 9.17) is 16.6 Å². The van der Waals surface area contributed by atoms with Gasteiger partial charge in [0, 0.05) is 6.08 Å². The summed E-state index contributed by atoms with van der Waals surface area (Å²) in [5.41, 5.74) is 2.04. The first-order valence-corrected chi connectivity index (χ1v) is 9.79. The van der Waals surface area contributed by atoms with E-state index in [0.717, 1.165) is 20.9 Å². The Morgan fingerprint density at radius 1 is 1.04 bits per heavy atom. The molecule has 0 unspecified atom stereocenters. The summed E-state index contributed by atoms with van der Waals surface area (Å²) in [6, 6.07) is 20.9. The molecule has 4 aromatic rings. The molecule has 5 nitrogen and oxygen atoms in total. The molecule has 1 aliphatic heterocycles. The number of furan rings is 1. The van der Waals surface area contributed by atoms with Gasteiger partial charge in [0.2, 0.25) is 0 Å². The molecule has 1 N–H and O–H groups in total. The Hall–Kier alpha value is -3.29. The standard InChI is InChI=1S/C21H13N3O2S2/c25-20-16(23-21(27)24(20)13-6-2-1-3-7-13)12-14-10-11-17(26-14)19-22-15-8-4-5-9-18(15)28-19/h1-12H,(H,23,27)/b16-12+. The number of nitrogens with zero attached hydrogens (tertiary/aromatic N) is 2.